The molecular formula is C17H16N4O4S. The van der Waals surface area contributed by atoms with Crippen molar-refractivity contribution >= 4 is 17.7 Å². The molecule has 3 heterocycles. The number of hydrogen-bond acceptors (Lipinski definition) is 7. The molecule has 1 aliphatic heterocycles. The summed E-state index contributed by atoms with van der Waals surface area (Å²) >= 11 is 1.24. The van der Waals surface area contributed by atoms with Gasteiger partial charge in [0.1, 0.15) is 12.7 Å². The highest BCUT2D eigenvalue weighted by atomic mass is 32.2. The van der Waals surface area contributed by atoms with E-state index >= 15 is 0 Å². The fraction of sp³-hybridized carbons (Fsp3) is 0.235. The van der Waals surface area contributed by atoms with Gasteiger partial charge in [0.05, 0.1) is 18.6 Å². The van der Waals surface area contributed by atoms with Crippen molar-refractivity contribution in [3.05, 3.63) is 42.7 Å². The molecule has 0 saturated carbocycles. The molecule has 3 aromatic rings. The number of para-hydroxylation sites is 2. The molecular weight excluding hydrogens is 356 g/mol. The molecule has 0 unspecified atom stereocenters. The molecule has 0 saturated heterocycles. The lowest BCUT2D eigenvalue weighted by Crippen LogP contribution is -2.41. The Morgan fingerprint density at radius 2 is 2.15 bits per heavy atom. The number of aromatic amines is 1. The van der Waals surface area contributed by atoms with Crippen molar-refractivity contribution in [1.82, 2.24) is 20.5 Å². The minimum atomic E-state index is -0.215. The van der Waals surface area contributed by atoms with Gasteiger partial charge in [0, 0.05) is 0 Å². The van der Waals surface area contributed by atoms with Gasteiger partial charge >= 0.3 is 0 Å². The van der Waals surface area contributed by atoms with Crippen molar-refractivity contribution in [1.29, 1.82) is 0 Å². The van der Waals surface area contributed by atoms with Crippen LogP contribution in [0.5, 0.6) is 11.5 Å². The Labute approximate surface area is 153 Å². The van der Waals surface area contributed by atoms with Crippen LogP contribution in [0.25, 0.3) is 11.6 Å². The topological polar surface area (TPSA) is 102 Å². The molecule has 1 aliphatic rings. The van der Waals surface area contributed by atoms with E-state index in [2.05, 4.69) is 20.5 Å². The van der Waals surface area contributed by atoms with Gasteiger partial charge in [0.2, 0.25) is 11.1 Å². The van der Waals surface area contributed by atoms with Gasteiger partial charge in [-0.3, -0.25) is 9.89 Å². The molecule has 8 nitrogen and oxygen atoms in total. The maximum Gasteiger partial charge on any atom is 0.230 e. The van der Waals surface area contributed by atoms with Crippen molar-refractivity contribution in [2.45, 2.75) is 11.3 Å². The third-order valence-electron chi connectivity index (χ3n) is 3.65. The van der Waals surface area contributed by atoms with Gasteiger partial charge in [-0.25, -0.2) is 0 Å². The summed E-state index contributed by atoms with van der Waals surface area (Å²) < 4.78 is 16.7. The van der Waals surface area contributed by atoms with Crippen molar-refractivity contribution in [2.75, 3.05) is 18.9 Å². The Morgan fingerprint density at radius 3 is 3.00 bits per heavy atom. The summed E-state index contributed by atoms with van der Waals surface area (Å²) in [4.78, 5) is 16.3. The van der Waals surface area contributed by atoms with E-state index in [0.29, 0.717) is 35.6 Å². The highest BCUT2D eigenvalue weighted by molar-refractivity contribution is 7.99. The first kappa shape index (κ1) is 16.5. The molecule has 2 N–H and O–H groups in total. The van der Waals surface area contributed by atoms with Gasteiger partial charge in [-0.05, 0) is 24.3 Å². The van der Waals surface area contributed by atoms with E-state index in [9.17, 15) is 4.79 Å². The first-order chi connectivity index (χ1) is 12.8. The number of hydrogen-bond donors (Lipinski definition) is 2. The Bertz CT molecular complexity index is 881. The van der Waals surface area contributed by atoms with Crippen LogP contribution < -0.4 is 14.8 Å². The summed E-state index contributed by atoms with van der Waals surface area (Å²) in [6.07, 6.45) is 1.35. The van der Waals surface area contributed by atoms with E-state index in [4.69, 9.17) is 13.9 Å². The third-order valence-corrected chi connectivity index (χ3v) is 4.49. The zero-order valence-electron chi connectivity index (χ0n) is 13.7. The Morgan fingerprint density at radius 1 is 1.27 bits per heavy atom. The van der Waals surface area contributed by atoms with Crippen LogP contribution in [-0.4, -0.2) is 46.1 Å². The standard InChI is InChI=1S/C17H16N4O4S/c22-15(10-26-17-19-16(20-21-17)14-6-3-7-23-14)18-8-11-9-24-12-4-1-2-5-13(12)25-11/h1-7,11H,8-10H2,(H,18,22)(H,19,20,21)/t11-/m1/s1. The zero-order valence-corrected chi connectivity index (χ0v) is 14.5. The van der Waals surface area contributed by atoms with Gasteiger partial charge in [0.25, 0.3) is 0 Å². The van der Waals surface area contributed by atoms with Crippen molar-refractivity contribution in [3.63, 3.8) is 0 Å². The highest BCUT2D eigenvalue weighted by Crippen LogP contribution is 2.30. The van der Waals surface area contributed by atoms with Gasteiger partial charge in [-0.1, -0.05) is 23.9 Å². The average molecular weight is 372 g/mol. The van der Waals surface area contributed by atoms with Crippen LogP contribution in [0.2, 0.25) is 0 Å². The summed E-state index contributed by atoms with van der Waals surface area (Å²) in [6, 6.07) is 11.0. The van der Waals surface area contributed by atoms with Crippen LogP contribution in [0.3, 0.4) is 0 Å². The molecule has 26 heavy (non-hydrogen) atoms. The number of H-pyrrole nitrogens is 1. The maximum absolute atomic E-state index is 12.0. The fourth-order valence-corrected chi connectivity index (χ4v) is 3.04. The van der Waals surface area contributed by atoms with Crippen LogP contribution in [-0.2, 0) is 4.79 Å². The number of aromatic nitrogens is 3. The summed E-state index contributed by atoms with van der Waals surface area (Å²) in [7, 11) is 0. The van der Waals surface area contributed by atoms with Gasteiger partial charge in [-0.2, -0.15) is 4.98 Å². The van der Waals surface area contributed by atoms with E-state index in [-0.39, 0.29) is 17.8 Å². The molecule has 134 valence electrons. The quantitative estimate of drug-likeness (QED) is 0.639. The second kappa shape index (κ2) is 7.52. The lowest BCUT2D eigenvalue weighted by Gasteiger charge is -2.26. The van der Waals surface area contributed by atoms with E-state index in [1.54, 1.807) is 18.4 Å². The van der Waals surface area contributed by atoms with Gasteiger partial charge in [0.15, 0.2) is 23.1 Å². The Hall–Kier alpha value is -2.94. The SMILES string of the molecule is O=C(CSc1n[nH]c(-c2ccco2)n1)NC[C@@H]1COc2ccccc2O1. The van der Waals surface area contributed by atoms with Crippen LogP contribution in [0.15, 0.2) is 52.2 Å². The smallest absolute Gasteiger partial charge is 0.230 e. The van der Waals surface area contributed by atoms with E-state index in [0.717, 1.165) is 5.75 Å². The molecule has 0 fully saturated rings. The van der Waals surface area contributed by atoms with Crippen molar-refractivity contribution < 1.29 is 18.7 Å². The minimum absolute atomic E-state index is 0.123. The van der Waals surface area contributed by atoms with Gasteiger partial charge in [-0.15, -0.1) is 5.10 Å². The maximum atomic E-state index is 12.0. The second-order valence-corrected chi connectivity index (χ2v) is 6.48. The molecule has 0 aliphatic carbocycles. The number of rotatable bonds is 6. The first-order valence-electron chi connectivity index (χ1n) is 8.02. The van der Waals surface area contributed by atoms with Crippen LogP contribution in [0.1, 0.15) is 0 Å². The fourth-order valence-electron chi connectivity index (χ4n) is 2.41. The molecule has 1 atom stereocenters. The molecule has 0 bridgehead atoms. The largest absolute Gasteiger partial charge is 0.486 e. The van der Waals surface area contributed by atoms with Gasteiger partial charge < -0.3 is 19.2 Å². The molecule has 1 amide bonds. The van der Waals surface area contributed by atoms with Crippen molar-refractivity contribution in [3.8, 4) is 23.1 Å². The molecule has 2 aromatic heterocycles. The lowest BCUT2D eigenvalue weighted by molar-refractivity contribution is -0.119. The van der Waals surface area contributed by atoms with E-state index in [1.165, 1.54) is 11.8 Å². The monoisotopic (exact) mass is 372 g/mol. The van der Waals surface area contributed by atoms with Crippen LogP contribution in [0.4, 0.5) is 0 Å². The summed E-state index contributed by atoms with van der Waals surface area (Å²) in [5.41, 5.74) is 0. The summed E-state index contributed by atoms with van der Waals surface area (Å²) in [6.45, 7) is 0.775. The zero-order chi connectivity index (χ0) is 17.8. The van der Waals surface area contributed by atoms with Crippen LogP contribution in [0, 0.1) is 0 Å². The second-order valence-electron chi connectivity index (χ2n) is 5.53. The number of nitrogens with zero attached hydrogens (tertiary/aromatic N) is 2. The number of carbonyl (C=O) groups is 1. The van der Waals surface area contributed by atoms with Crippen LogP contribution >= 0.6 is 11.8 Å². The normalized spacial score (nSPS) is 15.6. The number of amides is 1. The number of nitrogens with one attached hydrogen (secondary N) is 2. The average Bonchev–Trinajstić information content (AvgIpc) is 3.36. The van der Waals surface area contributed by atoms with E-state index in [1.807, 2.05) is 24.3 Å². The van der Waals surface area contributed by atoms with E-state index < -0.39 is 0 Å². The minimum Gasteiger partial charge on any atom is -0.486 e. The predicted molar refractivity (Wildman–Crippen MR) is 94.2 cm³/mol. The molecule has 9 heteroatoms. The lowest BCUT2D eigenvalue weighted by atomic mass is 10.2. The molecule has 4 rings (SSSR count). The first-order valence-corrected chi connectivity index (χ1v) is 9.01. The third kappa shape index (κ3) is 3.83. The van der Waals surface area contributed by atoms with Crippen molar-refractivity contribution in [2.24, 2.45) is 0 Å². The number of furan rings is 1. The summed E-state index contributed by atoms with van der Waals surface area (Å²) in [5.74, 6) is 2.63. The summed E-state index contributed by atoms with van der Waals surface area (Å²) in [5, 5.41) is 10.2. The number of ether oxygens (including phenoxy) is 2. The number of benzene rings is 1. The highest BCUT2D eigenvalue weighted by Gasteiger charge is 2.21. The predicted octanol–water partition coefficient (Wildman–Crippen LogP) is 2.11. The molecule has 0 radical (unpaired) electrons. The molecule has 0 spiro atoms. The number of thioether (sulfide) groups is 1. The molecule has 1 aromatic carbocycles. The number of fused-ring (bicyclic) bond motifs is 1. The number of carbonyl (C=O) groups excluding carboxylic acids is 1. The Balaban J connectivity index is 1.23. The Kier molecular flexibility index (Phi) is 4.78.